The van der Waals surface area contributed by atoms with Crippen molar-refractivity contribution < 1.29 is 14.3 Å². The Bertz CT molecular complexity index is 897. The zero-order valence-corrected chi connectivity index (χ0v) is 17.0. The van der Waals surface area contributed by atoms with Crippen LogP contribution in [0.25, 0.3) is 0 Å². The maximum Gasteiger partial charge on any atom is 0.326 e. The number of nitrogens with zero attached hydrogens (tertiary/aromatic N) is 3. The van der Waals surface area contributed by atoms with E-state index in [1.165, 1.54) is 21.5 Å². The third kappa shape index (κ3) is 5.67. The molecule has 3 aromatic rings. The van der Waals surface area contributed by atoms with Crippen LogP contribution in [0, 0.1) is 0 Å². The van der Waals surface area contributed by atoms with Gasteiger partial charge in [0.1, 0.15) is 12.4 Å². The number of aromatic nitrogens is 3. The van der Waals surface area contributed by atoms with Gasteiger partial charge in [0.2, 0.25) is 11.1 Å². The molecule has 2 aromatic heterocycles. The summed E-state index contributed by atoms with van der Waals surface area (Å²) in [6, 6.07) is 13.1. The second-order valence-corrected chi connectivity index (χ2v) is 7.70. The van der Waals surface area contributed by atoms with Crippen molar-refractivity contribution in [2.75, 3.05) is 23.8 Å². The SMILES string of the molecule is CCOC(=O)CN(C(=O)CSc1n[nH]c(Cc2cccs2)n1)c1ccccc1. The van der Waals surface area contributed by atoms with Gasteiger partial charge in [-0.05, 0) is 30.5 Å². The number of thiophene rings is 1. The number of ether oxygens (including phenoxy) is 1. The maximum absolute atomic E-state index is 12.8. The third-order valence-electron chi connectivity index (χ3n) is 3.72. The Balaban J connectivity index is 1.61. The lowest BCUT2D eigenvalue weighted by atomic mass is 10.3. The van der Waals surface area contributed by atoms with Gasteiger partial charge in [-0.2, -0.15) is 0 Å². The summed E-state index contributed by atoms with van der Waals surface area (Å²) in [5, 5.41) is 9.58. The Morgan fingerprint density at radius 3 is 2.75 bits per heavy atom. The smallest absolute Gasteiger partial charge is 0.326 e. The van der Waals surface area contributed by atoms with E-state index in [1.807, 2.05) is 35.7 Å². The van der Waals surface area contributed by atoms with Crippen LogP contribution in [0.15, 0.2) is 53.0 Å². The quantitative estimate of drug-likeness (QED) is 0.426. The summed E-state index contributed by atoms with van der Waals surface area (Å²) in [7, 11) is 0. The minimum Gasteiger partial charge on any atom is -0.465 e. The van der Waals surface area contributed by atoms with E-state index in [0.717, 1.165) is 5.82 Å². The number of para-hydroxylation sites is 1. The number of benzene rings is 1. The molecule has 0 bridgehead atoms. The number of hydrogen-bond donors (Lipinski definition) is 1. The largest absolute Gasteiger partial charge is 0.465 e. The van der Waals surface area contributed by atoms with Crippen LogP contribution in [0.5, 0.6) is 0 Å². The third-order valence-corrected chi connectivity index (χ3v) is 5.43. The van der Waals surface area contributed by atoms with Crippen molar-refractivity contribution in [2.24, 2.45) is 0 Å². The molecule has 1 N–H and O–H groups in total. The maximum atomic E-state index is 12.8. The molecule has 0 aliphatic rings. The molecule has 28 heavy (non-hydrogen) atoms. The molecule has 9 heteroatoms. The van der Waals surface area contributed by atoms with Crippen LogP contribution >= 0.6 is 23.1 Å². The Morgan fingerprint density at radius 1 is 1.21 bits per heavy atom. The first-order chi connectivity index (χ1) is 13.7. The van der Waals surface area contributed by atoms with Crippen molar-refractivity contribution in [3.05, 3.63) is 58.5 Å². The molecule has 1 aromatic carbocycles. The standard InChI is InChI=1S/C19H20N4O3S2/c1-2-26-18(25)12-23(14-7-4-3-5-8-14)17(24)13-28-19-20-16(21-22-19)11-15-9-6-10-27-15/h3-10H,2,11-13H2,1H3,(H,20,21,22). The van der Waals surface area contributed by atoms with Gasteiger partial charge in [0.15, 0.2) is 0 Å². The second-order valence-electron chi connectivity index (χ2n) is 5.73. The van der Waals surface area contributed by atoms with Gasteiger partial charge in [0, 0.05) is 17.0 Å². The zero-order valence-electron chi connectivity index (χ0n) is 15.3. The molecule has 0 fully saturated rings. The summed E-state index contributed by atoms with van der Waals surface area (Å²) in [6.07, 6.45) is 0.679. The van der Waals surface area contributed by atoms with E-state index >= 15 is 0 Å². The molecule has 0 atom stereocenters. The lowest BCUT2D eigenvalue weighted by Gasteiger charge is -2.21. The van der Waals surface area contributed by atoms with Gasteiger partial charge in [-0.25, -0.2) is 4.98 Å². The number of hydrogen-bond acceptors (Lipinski definition) is 7. The first kappa shape index (κ1) is 20.1. The first-order valence-electron chi connectivity index (χ1n) is 8.73. The molecular formula is C19H20N4O3S2. The molecule has 0 aliphatic heterocycles. The molecule has 2 heterocycles. The van der Waals surface area contributed by atoms with Gasteiger partial charge < -0.3 is 9.64 Å². The van der Waals surface area contributed by atoms with E-state index < -0.39 is 5.97 Å². The van der Waals surface area contributed by atoms with Crippen LogP contribution < -0.4 is 4.90 Å². The van der Waals surface area contributed by atoms with E-state index in [-0.39, 0.29) is 24.8 Å². The molecule has 0 radical (unpaired) electrons. The average molecular weight is 417 g/mol. The molecule has 0 spiro atoms. The van der Waals surface area contributed by atoms with Crippen LogP contribution in [-0.2, 0) is 20.7 Å². The van der Waals surface area contributed by atoms with Gasteiger partial charge in [0.05, 0.1) is 12.4 Å². The minimum absolute atomic E-state index is 0.116. The van der Waals surface area contributed by atoms with Crippen LogP contribution in [0.1, 0.15) is 17.6 Å². The number of aromatic amines is 1. The number of nitrogens with one attached hydrogen (secondary N) is 1. The zero-order chi connectivity index (χ0) is 19.8. The lowest BCUT2D eigenvalue weighted by Crippen LogP contribution is -2.37. The second kappa shape index (κ2) is 10.0. The Labute approximate surface area is 171 Å². The number of carbonyl (C=O) groups excluding carboxylic acids is 2. The molecular weight excluding hydrogens is 396 g/mol. The number of carbonyl (C=O) groups is 2. The van der Waals surface area contributed by atoms with Crippen molar-refractivity contribution in [2.45, 2.75) is 18.5 Å². The van der Waals surface area contributed by atoms with Crippen LogP contribution in [0.2, 0.25) is 0 Å². The van der Waals surface area contributed by atoms with Crippen molar-refractivity contribution in [1.82, 2.24) is 15.2 Å². The molecule has 0 saturated heterocycles. The van der Waals surface area contributed by atoms with Gasteiger partial charge in [-0.3, -0.25) is 14.7 Å². The van der Waals surface area contributed by atoms with Gasteiger partial charge in [0.25, 0.3) is 0 Å². The normalized spacial score (nSPS) is 10.6. The number of esters is 1. The Morgan fingerprint density at radius 2 is 2.04 bits per heavy atom. The summed E-state index contributed by atoms with van der Waals surface area (Å²) in [4.78, 5) is 31.7. The molecule has 0 unspecified atom stereocenters. The predicted octanol–water partition coefficient (Wildman–Crippen LogP) is 3.15. The monoisotopic (exact) mass is 416 g/mol. The van der Waals surface area contributed by atoms with Gasteiger partial charge in [-0.1, -0.05) is 36.0 Å². The highest BCUT2D eigenvalue weighted by molar-refractivity contribution is 7.99. The van der Waals surface area contributed by atoms with Gasteiger partial charge in [-0.15, -0.1) is 16.4 Å². The molecule has 3 rings (SSSR count). The van der Waals surface area contributed by atoms with E-state index in [0.29, 0.717) is 17.3 Å². The highest BCUT2D eigenvalue weighted by atomic mass is 32.2. The number of H-pyrrole nitrogens is 1. The topological polar surface area (TPSA) is 88.2 Å². The number of amides is 1. The highest BCUT2D eigenvalue weighted by Gasteiger charge is 2.20. The van der Waals surface area contributed by atoms with E-state index in [9.17, 15) is 9.59 Å². The van der Waals surface area contributed by atoms with Crippen LogP contribution in [0.3, 0.4) is 0 Å². The van der Waals surface area contributed by atoms with Crippen molar-refractivity contribution >= 4 is 40.7 Å². The van der Waals surface area contributed by atoms with Crippen LogP contribution in [0.4, 0.5) is 5.69 Å². The van der Waals surface area contributed by atoms with Crippen molar-refractivity contribution in [3.8, 4) is 0 Å². The summed E-state index contributed by atoms with van der Waals surface area (Å²) >= 11 is 2.89. The fourth-order valence-corrected chi connectivity index (χ4v) is 3.87. The molecule has 1 amide bonds. The lowest BCUT2D eigenvalue weighted by molar-refractivity contribution is -0.142. The van der Waals surface area contributed by atoms with Crippen LogP contribution in [-0.4, -0.2) is 46.0 Å². The van der Waals surface area contributed by atoms with Crippen molar-refractivity contribution in [3.63, 3.8) is 0 Å². The van der Waals surface area contributed by atoms with E-state index in [1.54, 1.807) is 30.4 Å². The fraction of sp³-hybridized carbons (Fsp3) is 0.263. The van der Waals surface area contributed by atoms with E-state index in [2.05, 4.69) is 15.2 Å². The molecule has 7 nitrogen and oxygen atoms in total. The predicted molar refractivity (Wildman–Crippen MR) is 110 cm³/mol. The first-order valence-corrected chi connectivity index (χ1v) is 10.6. The summed E-state index contributed by atoms with van der Waals surface area (Å²) in [6.45, 7) is 1.88. The fourth-order valence-electron chi connectivity index (χ4n) is 2.47. The number of thioether (sulfide) groups is 1. The summed E-state index contributed by atoms with van der Waals surface area (Å²) in [5.41, 5.74) is 0.648. The van der Waals surface area contributed by atoms with Crippen molar-refractivity contribution in [1.29, 1.82) is 0 Å². The van der Waals surface area contributed by atoms with E-state index in [4.69, 9.17) is 4.74 Å². The minimum atomic E-state index is -0.444. The molecule has 0 saturated carbocycles. The number of rotatable bonds is 9. The molecule has 146 valence electrons. The Kier molecular flexibility index (Phi) is 7.21. The molecule has 0 aliphatic carbocycles. The summed E-state index contributed by atoms with van der Waals surface area (Å²) < 4.78 is 4.99. The van der Waals surface area contributed by atoms with Gasteiger partial charge >= 0.3 is 5.97 Å². The Hall–Kier alpha value is -2.65. The summed E-state index contributed by atoms with van der Waals surface area (Å²) in [5.74, 6) is 0.212. The average Bonchev–Trinajstić information content (AvgIpc) is 3.37. The highest BCUT2D eigenvalue weighted by Crippen LogP contribution is 2.19. The number of anilines is 1.